The van der Waals surface area contributed by atoms with Crippen LogP contribution < -0.4 is 9.47 Å². The summed E-state index contributed by atoms with van der Waals surface area (Å²) in [5, 5.41) is 0. The third-order valence-corrected chi connectivity index (χ3v) is 3.87. The molecule has 140 valence electrons. The predicted molar refractivity (Wildman–Crippen MR) is 114 cm³/mol. The molecule has 0 N–H and O–H groups in total. The number of hydrogen-bond acceptors (Lipinski definition) is 2. The number of rotatable bonds is 7. The maximum Gasteiger partial charge on any atom is 0.124 e. The smallest absolute Gasteiger partial charge is 0.124 e. The summed E-state index contributed by atoms with van der Waals surface area (Å²) in [4.78, 5) is 0. The molecular formula is C25H28O2. The zero-order chi connectivity index (χ0) is 19.5. The molecule has 3 rings (SSSR count). The summed E-state index contributed by atoms with van der Waals surface area (Å²) in [5.41, 5.74) is 4.27. The van der Waals surface area contributed by atoms with Crippen molar-refractivity contribution in [2.45, 2.75) is 34.0 Å². The monoisotopic (exact) mass is 360 g/mol. The van der Waals surface area contributed by atoms with Crippen molar-refractivity contribution in [1.82, 2.24) is 0 Å². The first-order valence-electron chi connectivity index (χ1n) is 9.35. The fraction of sp³-hybridized carbons (Fsp3) is 0.200. The van der Waals surface area contributed by atoms with Crippen molar-refractivity contribution < 1.29 is 9.47 Å². The summed E-state index contributed by atoms with van der Waals surface area (Å²) in [6.45, 7) is 11.1. The molecule has 0 fully saturated rings. The summed E-state index contributed by atoms with van der Waals surface area (Å²) >= 11 is 0. The van der Waals surface area contributed by atoms with Crippen LogP contribution in [0, 0.1) is 0 Å². The van der Waals surface area contributed by atoms with Gasteiger partial charge >= 0.3 is 0 Å². The van der Waals surface area contributed by atoms with E-state index in [1.54, 1.807) is 0 Å². The van der Waals surface area contributed by atoms with Crippen LogP contribution in [0.5, 0.6) is 11.5 Å². The standard InChI is InChI=1S/C23H22O2.C2H6/c1-18(2)21-13-22(24-16-19-9-5-3-6-10-19)15-23(14-21)25-17-20-11-7-4-8-12-20;1-2/h3-15H,1,16-17H2,2H3;1-2H3. The van der Waals surface area contributed by atoms with Crippen molar-refractivity contribution in [3.63, 3.8) is 0 Å². The molecule has 0 saturated heterocycles. The highest BCUT2D eigenvalue weighted by Gasteiger charge is 2.05. The summed E-state index contributed by atoms with van der Waals surface area (Å²) in [5.74, 6) is 1.57. The minimum atomic E-state index is 0.526. The van der Waals surface area contributed by atoms with Crippen molar-refractivity contribution >= 4 is 5.57 Å². The van der Waals surface area contributed by atoms with Crippen LogP contribution in [0.4, 0.5) is 0 Å². The topological polar surface area (TPSA) is 18.5 Å². The Kier molecular flexibility index (Phi) is 8.18. The third-order valence-electron chi connectivity index (χ3n) is 3.87. The highest BCUT2D eigenvalue weighted by Crippen LogP contribution is 2.27. The average molecular weight is 360 g/mol. The number of hydrogen-bond donors (Lipinski definition) is 0. The molecule has 0 aliphatic rings. The van der Waals surface area contributed by atoms with Gasteiger partial charge in [-0.3, -0.25) is 0 Å². The molecule has 0 aromatic heterocycles. The van der Waals surface area contributed by atoms with E-state index in [1.807, 2.05) is 75.4 Å². The first kappa shape index (κ1) is 20.3. The number of ether oxygens (including phenoxy) is 2. The van der Waals surface area contributed by atoms with Crippen LogP contribution >= 0.6 is 0 Å². The molecule has 0 bridgehead atoms. The second-order valence-electron chi connectivity index (χ2n) is 6.02. The number of allylic oxidation sites excluding steroid dienone is 1. The average Bonchev–Trinajstić information content (AvgIpc) is 2.73. The third kappa shape index (κ3) is 6.67. The highest BCUT2D eigenvalue weighted by molar-refractivity contribution is 5.64. The molecule has 0 saturated carbocycles. The van der Waals surface area contributed by atoms with Crippen LogP contribution in [0.15, 0.2) is 85.4 Å². The normalized spacial score (nSPS) is 9.74. The molecule has 3 aromatic carbocycles. The van der Waals surface area contributed by atoms with Gasteiger partial charge in [-0.15, -0.1) is 0 Å². The first-order chi connectivity index (χ1) is 13.2. The quantitative estimate of drug-likeness (QED) is 0.456. The van der Waals surface area contributed by atoms with Crippen molar-refractivity contribution in [3.05, 3.63) is 102 Å². The Hall–Kier alpha value is -3.00. The number of benzene rings is 3. The molecule has 2 nitrogen and oxygen atoms in total. The lowest BCUT2D eigenvalue weighted by Gasteiger charge is -2.13. The van der Waals surface area contributed by atoms with Crippen LogP contribution in [0.1, 0.15) is 37.5 Å². The maximum atomic E-state index is 5.95. The maximum absolute atomic E-state index is 5.95. The lowest BCUT2D eigenvalue weighted by Crippen LogP contribution is -1.99. The highest BCUT2D eigenvalue weighted by atomic mass is 16.5. The van der Waals surface area contributed by atoms with E-state index in [9.17, 15) is 0 Å². The van der Waals surface area contributed by atoms with Gasteiger partial charge in [0.05, 0.1) is 0 Å². The van der Waals surface area contributed by atoms with E-state index >= 15 is 0 Å². The van der Waals surface area contributed by atoms with E-state index in [4.69, 9.17) is 9.47 Å². The molecular weight excluding hydrogens is 332 g/mol. The van der Waals surface area contributed by atoms with Crippen LogP contribution in [-0.4, -0.2) is 0 Å². The Morgan fingerprint density at radius 2 is 1.11 bits per heavy atom. The molecule has 27 heavy (non-hydrogen) atoms. The summed E-state index contributed by atoms with van der Waals surface area (Å²) in [6.07, 6.45) is 0. The molecule has 0 amide bonds. The van der Waals surface area contributed by atoms with Crippen molar-refractivity contribution in [2.24, 2.45) is 0 Å². The molecule has 2 heteroatoms. The molecule has 0 unspecified atom stereocenters. The van der Waals surface area contributed by atoms with Crippen molar-refractivity contribution in [2.75, 3.05) is 0 Å². The van der Waals surface area contributed by atoms with Gasteiger partial charge in [-0.1, -0.05) is 86.7 Å². The van der Waals surface area contributed by atoms with Gasteiger partial charge in [0.2, 0.25) is 0 Å². The van der Waals surface area contributed by atoms with Crippen LogP contribution in [0.2, 0.25) is 0 Å². The van der Waals surface area contributed by atoms with Crippen molar-refractivity contribution in [1.29, 1.82) is 0 Å². The molecule has 0 aliphatic heterocycles. The lowest BCUT2D eigenvalue weighted by molar-refractivity contribution is 0.290. The molecule has 0 spiro atoms. The van der Waals surface area contributed by atoms with Gasteiger partial charge in [0.15, 0.2) is 0 Å². The van der Waals surface area contributed by atoms with Crippen LogP contribution in [0.25, 0.3) is 5.57 Å². The van der Waals surface area contributed by atoms with Gasteiger partial charge in [-0.05, 0) is 35.7 Å². The van der Waals surface area contributed by atoms with Crippen molar-refractivity contribution in [3.8, 4) is 11.5 Å². The van der Waals surface area contributed by atoms with E-state index in [1.165, 1.54) is 0 Å². The predicted octanol–water partition coefficient (Wildman–Crippen LogP) is 6.90. The first-order valence-corrected chi connectivity index (χ1v) is 9.35. The molecule has 0 aliphatic carbocycles. The van der Waals surface area contributed by atoms with Crippen LogP contribution in [0.3, 0.4) is 0 Å². The Morgan fingerprint density at radius 1 is 0.704 bits per heavy atom. The Morgan fingerprint density at radius 3 is 1.48 bits per heavy atom. The van der Waals surface area contributed by atoms with Gasteiger partial charge in [-0.25, -0.2) is 0 Å². The lowest BCUT2D eigenvalue weighted by atomic mass is 10.1. The van der Waals surface area contributed by atoms with E-state index in [0.717, 1.165) is 33.8 Å². The fourth-order valence-corrected chi connectivity index (χ4v) is 2.47. The van der Waals surface area contributed by atoms with E-state index in [2.05, 4.69) is 30.8 Å². The van der Waals surface area contributed by atoms with E-state index in [-0.39, 0.29) is 0 Å². The SMILES string of the molecule is C=C(C)c1cc(OCc2ccccc2)cc(OCc2ccccc2)c1.CC. The molecule has 0 radical (unpaired) electrons. The molecule has 3 aromatic rings. The van der Waals surface area contributed by atoms with E-state index < -0.39 is 0 Å². The summed E-state index contributed by atoms with van der Waals surface area (Å²) in [6, 6.07) is 26.2. The fourth-order valence-electron chi connectivity index (χ4n) is 2.47. The second kappa shape index (κ2) is 10.9. The van der Waals surface area contributed by atoms with Gasteiger partial charge in [0, 0.05) is 6.07 Å². The van der Waals surface area contributed by atoms with Gasteiger partial charge in [-0.2, -0.15) is 0 Å². The molecule has 0 atom stereocenters. The molecule has 0 heterocycles. The second-order valence-corrected chi connectivity index (χ2v) is 6.02. The zero-order valence-electron chi connectivity index (χ0n) is 16.4. The minimum absolute atomic E-state index is 0.526. The van der Waals surface area contributed by atoms with Gasteiger partial charge in [0.1, 0.15) is 24.7 Å². The van der Waals surface area contributed by atoms with E-state index in [0.29, 0.717) is 13.2 Å². The minimum Gasteiger partial charge on any atom is -0.489 e. The van der Waals surface area contributed by atoms with Crippen LogP contribution in [-0.2, 0) is 13.2 Å². The largest absolute Gasteiger partial charge is 0.489 e. The Labute approximate surface area is 163 Å². The van der Waals surface area contributed by atoms with Gasteiger partial charge in [0.25, 0.3) is 0 Å². The zero-order valence-corrected chi connectivity index (χ0v) is 16.4. The Balaban J connectivity index is 0.00000126. The summed E-state index contributed by atoms with van der Waals surface area (Å²) < 4.78 is 11.9. The van der Waals surface area contributed by atoms with Gasteiger partial charge < -0.3 is 9.47 Å². The summed E-state index contributed by atoms with van der Waals surface area (Å²) in [7, 11) is 0. The Bertz CT molecular complexity index is 762.